The average molecular weight is 354 g/mol. The molecule has 130 valence electrons. The van der Waals surface area contributed by atoms with Crippen LogP contribution in [-0.2, 0) is 27.7 Å². The van der Waals surface area contributed by atoms with E-state index in [2.05, 4.69) is 0 Å². The van der Waals surface area contributed by atoms with Crippen LogP contribution in [0.25, 0.3) is 0 Å². The number of aromatic nitrogens is 2. The first kappa shape index (κ1) is 17.9. The van der Waals surface area contributed by atoms with E-state index in [9.17, 15) is 22.8 Å². The largest absolute Gasteiger partial charge is 0.340 e. The van der Waals surface area contributed by atoms with Crippen LogP contribution in [0.3, 0.4) is 0 Å². The van der Waals surface area contributed by atoms with Gasteiger partial charge in [-0.3, -0.25) is 14.2 Å². The summed E-state index contributed by atoms with van der Waals surface area (Å²) in [6.45, 7) is 1.40. The van der Waals surface area contributed by atoms with E-state index in [0.29, 0.717) is 11.0 Å². The summed E-state index contributed by atoms with van der Waals surface area (Å²) in [4.78, 5) is 38.0. The topological polar surface area (TPSA) is 122 Å². The Kier molecular flexibility index (Phi) is 4.94. The molecule has 1 saturated heterocycles. The molecule has 2 heterocycles. The minimum absolute atomic E-state index is 0.0157. The molecule has 0 unspecified atom stereocenters. The summed E-state index contributed by atoms with van der Waals surface area (Å²) in [5.41, 5.74) is -1.73. The zero-order valence-electron chi connectivity index (χ0n) is 13.4. The summed E-state index contributed by atoms with van der Waals surface area (Å²) >= 11 is 0. The third kappa shape index (κ3) is 3.41. The first-order valence-corrected chi connectivity index (χ1v) is 9.22. The number of nitriles is 1. The molecule has 1 aliphatic rings. The normalized spacial score (nSPS) is 19.0. The van der Waals surface area contributed by atoms with Crippen molar-refractivity contribution in [2.45, 2.75) is 32.5 Å². The second-order valence-corrected chi connectivity index (χ2v) is 7.90. The molecule has 0 bridgehead atoms. The molecule has 9 nitrogen and oxygen atoms in total. The van der Waals surface area contributed by atoms with Gasteiger partial charge in [-0.2, -0.15) is 5.26 Å². The molecule has 0 spiro atoms. The third-order valence-corrected chi connectivity index (χ3v) is 5.89. The van der Waals surface area contributed by atoms with Crippen LogP contribution in [0.1, 0.15) is 18.9 Å². The van der Waals surface area contributed by atoms with Gasteiger partial charge in [-0.1, -0.05) is 0 Å². The van der Waals surface area contributed by atoms with Crippen molar-refractivity contribution in [2.75, 3.05) is 18.6 Å². The van der Waals surface area contributed by atoms with Crippen molar-refractivity contribution in [1.29, 1.82) is 5.26 Å². The molecule has 1 aliphatic heterocycles. The summed E-state index contributed by atoms with van der Waals surface area (Å²) < 4.78 is 24.9. The first-order chi connectivity index (χ1) is 11.2. The minimum atomic E-state index is -3.16. The fraction of sp³-hybridized carbons (Fsp3) is 0.571. The van der Waals surface area contributed by atoms with Crippen LogP contribution in [0, 0.1) is 11.3 Å². The Balaban J connectivity index is 2.31. The van der Waals surface area contributed by atoms with Crippen LogP contribution in [0.15, 0.2) is 15.8 Å². The summed E-state index contributed by atoms with van der Waals surface area (Å²) in [5, 5.41) is 8.99. The maximum Gasteiger partial charge on any atom is 0.331 e. The fourth-order valence-electron chi connectivity index (χ4n) is 2.63. The molecule has 10 heteroatoms. The number of likely N-dealkylation sites (N-methyl/N-ethyl adjacent to an activating group) is 1. The highest BCUT2D eigenvalue weighted by Gasteiger charge is 2.33. The standard InChI is InChI=1S/C14H18N4O5S/c1-3-17-7-10(6-15)13(20)18(14(17)21)8-12(19)16(2)11-4-5-24(22,23)9-11/h7,11H,3-5,8-9H2,1-2H3/t11-/m1/s1. The lowest BCUT2D eigenvalue weighted by Gasteiger charge is -2.23. The molecule has 1 amide bonds. The maximum absolute atomic E-state index is 12.4. The van der Waals surface area contributed by atoms with Crippen molar-refractivity contribution in [3.05, 3.63) is 32.6 Å². The molecule has 1 fully saturated rings. The van der Waals surface area contributed by atoms with E-state index in [1.165, 1.54) is 22.7 Å². The molecule has 2 rings (SSSR count). The van der Waals surface area contributed by atoms with Gasteiger partial charge in [0.05, 0.1) is 11.5 Å². The summed E-state index contributed by atoms with van der Waals surface area (Å²) in [7, 11) is -1.71. The van der Waals surface area contributed by atoms with Gasteiger partial charge in [0, 0.05) is 25.8 Å². The second-order valence-electron chi connectivity index (χ2n) is 5.68. The Bertz CT molecular complexity index is 922. The smallest absolute Gasteiger partial charge is 0.331 e. The molecule has 0 N–H and O–H groups in total. The molecule has 0 radical (unpaired) electrons. The Morgan fingerprint density at radius 2 is 2.12 bits per heavy atom. The number of nitrogens with zero attached hydrogens (tertiary/aromatic N) is 4. The summed E-state index contributed by atoms with van der Waals surface area (Å²) in [6.07, 6.45) is 1.50. The van der Waals surface area contributed by atoms with Gasteiger partial charge in [0.2, 0.25) is 5.91 Å². The van der Waals surface area contributed by atoms with Gasteiger partial charge in [0.25, 0.3) is 5.56 Å². The zero-order chi connectivity index (χ0) is 18.1. The van der Waals surface area contributed by atoms with E-state index >= 15 is 0 Å². The average Bonchev–Trinajstić information content (AvgIpc) is 2.90. The lowest BCUT2D eigenvalue weighted by molar-refractivity contribution is -0.132. The number of aryl methyl sites for hydroxylation is 1. The highest BCUT2D eigenvalue weighted by atomic mass is 32.2. The Morgan fingerprint density at radius 1 is 1.46 bits per heavy atom. The monoisotopic (exact) mass is 354 g/mol. The van der Waals surface area contributed by atoms with Gasteiger partial charge in [0.15, 0.2) is 9.84 Å². The van der Waals surface area contributed by atoms with E-state index < -0.39 is 39.6 Å². The molecule has 1 atom stereocenters. The summed E-state index contributed by atoms with van der Waals surface area (Å²) in [5.74, 6) is -0.655. The van der Waals surface area contributed by atoms with Crippen molar-refractivity contribution in [1.82, 2.24) is 14.0 Å². The Morgan fingerprint density at radius 3 is 2.62 bits per heavy atom. The fourth-order valence-corrected chi connectivity index (χ4v) is 4.40. The Hall–Kier alpha value is -2.41. The highest BCUT2D eigenvalue weighted by Crippen LogP contribution is 2.16. The molecule has 1 aromatic heterocycles. The number of rotatable bonds is 4. The number of sulfone groups is 1. The number of amides is 1. The molecule has 0 saturated carbocycles. The van der Waals surface area contributed by atoms with Crippen molar-refractivity contribution in [3.63, 3.8) is 0 Å². The van der Waals surface area contributed by atoms with Gasteiger partial charge in [-0.15, -0.1) is 0 Å². The number of carbonyl (C=O) groups is 1. The molecule has 1 aromatic rings. The number of hydrogen-bond acceptors (Lipinski definition) is 6. The lowest BCUT2D eigenvalue weighted by atomic mass is 10.2. The number of carbonyl (C=O) groups excluding carboxylic acids is 1. The highest BCUT2D eigenvalue weighted by molar-refractivity contribution is 7.91. The van der Waals surface area contributed by atoms with E-state index in [-0.39, 0.29) is 23.6 Å². The van der Waals surface area contributed by atoms with E-state index in [1.54, 1.807) is 13.0 Å². The van der Waals surface area contributed by atoms with Crippen molar-refractivity contribution in [3.8, 4) is 6.07 Å². The van der Waals surface area contributed by atoms with E-state index in [0.717, 1.165) is 0 Å². The van der Waals surface area contributed by atoms with Crippen LogP contribution < -0.4 is 11.2 Å². The molecular formula is C14H18N4O5S. The molecule has 24 heavy (non-hydrogen) atoms. The summed E-state index contributed by atoms with van der Waals surface area (Å²) in [6, 6.07) is 1.24. The van der Waals surface area contributed by atoms with Gasteiger partial charge in [0.1, 0.15) is 18.2 Å². The quantitative estimate of drug-likeness (QED) is 0.652. The van der Waals surface area contributed by atoms with Crippen LogP contribution in [-0.4, -0.2) is 53.0 Å². The second kappa shape index (κ2) is 6.60. The van der Waals surface area contributed by atoms with Crippen LogP contribution in [0.5, 0.6) is 0 Å². The van der Waals surface area contributed by atoms with Crippen molar-refractivity contribution in [2.24, 2.45) is 0 Å². The van der Waals surface area contributed by atoms with Gasteiger partial charge in [-0.25, -0.2) is 17.8 Å². The Labute approximate surface area is 138 Å². The first-order valence-electron chi connectivity index (χ1n) is 7.40. The van der Waals surface area contributed by atoms with Gasteiger partial charge < -0.3 is 4.90 Å². The predicted molar refractivity (Wildman–Crippen MR) is 85.2 cm³/mol. The van der Waals surface area contributed by atoms with Crippen LogP contribution in [0.2, 0.25) is 0 Å². The SMILES string of the molecule is CCn1cc(C#N)c(=O)n(CC(=O)N(C)[C@@H]2CCS(=O)(=O)C2)c1=O. The van der Waals surface area contributed by atoms with Gasteiger partial charge >= 0.3 is 5.69 Å². The van der Waals surface area contributed by atoms with E-state index in [4.69, 9.17) is 5.26 Å². The molecule has 0 aliphatic carbocycles. The van der Waals surface area contributed by atoms with Crippen molar-refractivity contribution >= 4 is 15.7 Å². The maximum atomic E-state index is 12.4. The number of hydrogen-bond donors (Lipinski definition) is 0. The molecular weight excluding hydrogens is 336 g/mol. The predicted octanol–water partition coefficient (Wildman–Crippen LogP) is -1.45. The van der Waals surface area contributed by atoms with Crippen LogP contribution >= 0.6 is 0 Å². The van der Waals surface area contributed by atoms with E-state index in [1.807, 2.05) is 0 Å². The van der Waals surface area contributed by atoms with Gasteiger partial charge in [-0.05, 0) is 13.3 Å². The third-order valence-electron chi connectivity index (χ3n) is 4.14. The zero-order valence-corrected chi connectivity index (χ0v) is 14.2. The molecule has 0 aromatic carbocycles. The lowest BCUT2D eigenvalue weighted by Crippen LogP contribution is -2.46. The van der Waals surface area contributed by atoms with Crippen LogP contribution in [0.4, 0.5) is 0 Å². The van der Waals surface area contributed by atoms with Crippen molar-refractivity contribution < 1.29 is 13.2 Å². The minimum Gasteiger partial charge on any atom is -0.340 e.